The first-order valence-corrected chi connectivity index (χ1v) is 8.43. The van der Waals surface area contributed by atoms with Crippen LogP contribution in [0, 0.1) is 6.92 Å². The summed E-state index contributed by atoms with van der Waals surface area (Å²) in [4.78, 5) is 25.0. The highest BCUT2D eigenvalue weighted by Gasteiger charge is 2.25. The lowest BCUT2D eigenvalue weighted by Crippen LogP contribution is -2.27. The molecule has 1 heterocycles. The van der Waals surface area contributed by atoms with Crippen molar-refractivity contribution >= 4 is 29.2 Å². The number of carbonyl (C=O) groups excluding carboxylic acids is 2. The number of aromatic nitrogens is 4. The van der Waals surface area contributed by atoms with Gasteiger partial charge >= 0.3 is 5.97 Å². The van der Waals surface area contributed by atoms with Crippen LogP contribution in [0.2, 0.25) is 5.02 Å². The molecule has 138 valence electrons. The molecule has 1 amide bonds. The molecule has 0 fully saturated rings. The summed E-state index contributed by atoms with van der Waals surface area (Å²) in [6.45, 7) is 1.65. The van der Waals surface area contributed by atoms with E-state index in [1.807, 2.05) is 6.92 Å². The lowest BCUT2D eigenvalue weighted by molar-refractivity contribution is -0.155. The molecule has 2 aromatic carbocycles. The monoisotopic (exact) mass is 385 g/mol. The quantitative estimate of drug-likeness (QED) is 0.655. The summed E-state index contributed by atoms with van der Waals surface area (Å²) in [5, 5.41) is 13.8. The van der Waals surface area contributed by atoms with Crippen molar-refractivity contribution < 1.29 is 14.3 Å². The van der Waals surface area contributed by atoms with E-state index >= 15 is 0 Å². The molecule has 3 rings (SSSR count). The Morgan fingerprint density at radius 3 is 2.67 bits per heavy atom. The number of ether oxygens (including phenoxy) is 1. The van der Waals surface area contributed by atoms with Gasteiger partial charge in [-0.1, -0.05) is 48.0 Å². The Labute approximate surface area is 160 Å². The second kappa shape index (κ2) is 8.41. The Balaban J connectivity index is 1.77. The van der Waals surface area contributed by atoms with Gasteiger partial charge in [0.05, 0.1) is 0 Å². The fraction of sp³-hybridized carbons (Fsp3) is 0.167. The molecule has 9 heteroatoms. The third-order valence-corrected chi connectivity index (χ3v) is 4.12. The van der Waals surface area contributed by atoms with Gasteiger partial charge in [-0.2, -0.15) is 0 Å². The lowest BCUT2D eigenvalue weighted by atomic mass is 10.1. The summed E-state index contributed by atoms with van der Waals surface area (Å²) in [5.74, 6) is -1.14. The van der Waals surface area contributed by atoms with Gasteiger partial charge in [0.25, 0.3) is 5.91 Å². The molecule has 3 aromatic rings. The zero-order valence-corrected chi connectivity index (χ0v) is 15.1. The molecule has 0 unspecified atom stereocenters. The van der Waals surface area contributed by atoms with Crippen molar-refractivity contribution in [3.8, 4) is 0 Å². The number of tetrazole rings is 1. The number of anilines is 1. The molecular formula is C18H16ClN5O3. The second-order valence-electron chi connectivity index (χ2n) is 5.74. The van der Waals surface area contributed by atoms with E-state index in [9.17, 15) is 9.59 Å². The molecule has 0 radical (unpaired) electrons. The number of benzene rings is 2. The van der Waals surface area contributed by atoms with Gasteiger partial charge in [-0.25, -0.2) is 4.68 Å². The number of hydrogen-bond acceptors (Lipinski definition) is 6. The van der Waals surface area contributed by atoms with Crippen LogP contribution in [-0.2, 0) is 20.9 Å². The molecule has 1 N–H and O–H groups in total. The third-order valence-electron chi connectivity index (χ3n) is 3.71. The van der Waals surface area contributed by atoms with Gasteiger partial charge in [0.1, 0.15) is 12.9 Å². The maximum absolute atomic E-state index is 12.8. The molecule has 1 aromatic heterocycles. The van der Waals surface area contributed by atoms with Crippen molar-refractivity contribution in [3.63, 3.8) is 0 Å². The van der Waals surface area contributed by atoms with Crippen LogP contribution >= 0.6 is 11.6 Å². The van der Waals surface area contributed by atoms with E-state index in [1.165, 1.54) is 11.0 Å². The highest BCUT2D eigenvalue weighted by molar-refractivity contribution is 6.31. The predicted molar refractivity (Wildman–Crippen MR) is 97.9 cm³/mol. The summed E-state index contributed by atoms with van der Waals surface area (Å²) in [7, 11) is 0. The Bertz CT molecular complexity index is 931. The van der Waals surface area contributed by atoms with E-state index in [1.54, 1.807) is 48.5 Å². The zero-order chi connectivity index (χ0) is 19.2. The molecule has 8 nitrogen and oxygen atoms in total. The minimum Gasteiger partial charge on any atom is -0.446 e. The largest absolute Gasteiger partial charge is 0.446 e. The van der Waals surface area contributed by atoms with Gasteiger partial charge in [0.15, 0.2) is 0 Å². The summed E-state index contributed by atoms with van der Waals surface area (Å²) in [6, 6.07) is 13.9. The zero-order valence-electron chi connectivity index (χ0n) is 14.4. The molecule has 0 saturated heterocycles. The van der Waals surface area contributed by atoms with E-state index in [2.05, 4.69) is 20.8 Å². The Morgan fingerprint density at radius 1 is 1.22 bits per heavy atom. The first-order valence-electron chi connectivity index (χ1n) is 8.05. The smallest absolute Gasteiger partial charge is 0.329 e. The number of carbonyl (C=O) groups is 2. The van der Waals surface area contributed by atoms with Crippen LogP contribution in [0.25, 0.3) is 0 Å². The van der Waals surface area contributed by atoms with E-state index in [-0.39, 0.29) is 6.54 Å². The molecule has 0 bridgehead atoms. The van der Waals surface area contributed by atoms with Gasteiger partial charge in [0.2, 0.25) is 6.10 Å². The Kier molecular flexibility index (Phi) is 5.77. The highest BCUT2D eigenvalue weighted by atomic mass is 35.5. The number of amides is 1. The standard InChI is InChI=1S/C18H16ClN5O3/c1-12-7-8-14(9-15(12)19)21-18(26)17(13-5-3-2-4-6-13)27-16(25)10-24-11-20-22-23-24/h2-9,11,17H,10H2,1H3,(H,21,26)/t17-/m1/s1. The third kappa shape index (κ3) is 4.89. The Morgan fingerprint density at radius 2 is 2.00 bits per heavy atom. The highest BCUT2D eigenvalue weighted by Crippen LogP contribution is 2.23. The van der Waals surface area contributed by atoms with Gasteiger partial charge in [0, 0.05) is 16.3 Å². The van der Waals surface area contributed by atoms with Crippen molar-refractivity contribution in [1.29, 1.82) is 0 Å². The SMILES string of the molecule is Cc1ccc(NC(=O)[C@H](OC(=O)Cn2cnnn2)c2ccccc2)cc1Cl. The maximum atomic E-state index is 12.8. The average molecular weight is 386 g/mol. The molecule has 0 aliphatic carbocycles. The van der Waals surface area contributed by atoms with Crippen LogP contribution in [0.1, 0.15) is 17.2 Å². The van der Waals surface area contributed by atoms with Crippen LogP contribution in [0.15, 0.2) is 54.9 Å². The summed E-state index contributed by atoms with van der Waals surface area (Å²) < 4.78 is 6.61. The van der Waals surface area contributed by atoms with Crippen molar-refractivity contribution in [3.05, 3.63) is 71.0 Å². The minimum absolute atomic E-state index is 0.208. The van der Waals surface area contributed by atoms with E-state index in [0.717, 1.165) is 5.56 Å². The number of aryl methyl sites for hydroxylation is 1. The van der Waals surface area contributed by atoms with Crippen LogP contribution < -0.4 is 5.32 Å². The van der Waals surface area contributed by atoms with Crippen LogP contribution in [-0.4, -0.2) is 32.1 Å². The van der Waals surface area contributed by atoms with Crippen LogP contribution in [0.3, 0.4) is 0 Å². The van der Waals surface area contributed by atoms with Crippen LogP contribution in [0.5, 0.6) is 0 Å². The predicted octanol–water partition coefficient (Wildman–Crippen LogP) is 2.56. The van der Waals surface area contributed by atoms with Gasteiger partial charge < -0.3 is 10.1 Å². The second-order valence-corrected chi connectivity index (χ2v) is 6.15. The summed E-state index contributed by atoms with van der Waals surface area (Å²) in [5.41, 5.74) is 1.94. The Hall–Kier alpha value is -3.26. The first-order chi connectivity index (χ1) is 13.0. The fourth-order valence-corrected chi connectivity index (χ4v) is 2.51. The van der Waals surface area contributed by atoms with Crippen molar-refractivity contribution in [2.75, 3.05) is 5.32 Å². The number of nitrogens with zero attached hydrogens (tertiary/aromatic N) is 4. The van der Waals surface area contributed by atoms with Crippen molar-refractivity contribution in [2.45, 2.75) is 19.6 Å². The van der Waals surface area contributed by atoms with E-state index < -0.39 is 18.0 Å². The van der Waals surface area contributed by atoms with Gasteiger partial charge in [-0.15, -0.1) is 5.10 Å². The van der Waals surface area contributed by atoms with Gasteiger partial charge in [-0.3, -0.25) is 9.59 Å². The normalized spacial score (nSPS) is 11.6. The minimum atomic E-state index is -1.13. The molecule has 0 aliphatic rings. The van der Waals surface area contributed by atoms with Gasteiger partial charge in [-0.05, 0) is 35.0 Å². The number of esters is 1. The van der Waals surface area contributed by atoms with E-state index in [0.29, 0.717) is 16.3 Å². The number of halogens is 1. The first kappa shape index (κ1) is 18.5. The maximum Gasteiger partial charge on any atom is 0.329 e. The van der Waals surface area contributed by atoms with E-state index in [4.69, 9.17) is 16.3 Å². The number of nitrogens with one attached hydrogen (secondary N) is 1. The molecule has 1 atom stereocenters. The van der Waals surface area contributed by atoms with Crippen molar-refractivity contribution in [1.82, 2.24) is 20.2 Å². The molecular weight excluding hydrogens is 370 g/mol. The van der Waals surface area contributed by atoms with Crippen LogP contribution in [0.4, 0.5) is 5.69 Å². The molecule has 0 spiro atoms. The summed E-state index contributed by atoms with van der Waals surface area (Å²) in [6.07, 6.45) is 0.155. The number of rotatable bonds is 6. The fourth-order valence-electron chi connectivity index (χ4n) is 2.33. The molecule has 0 aliphatic heterocycles. The lowest BCUT2D eigenvalue weighted by Gasteiger charge is -2.18. The topological polar surface area (TPSA) is 99.0 Å². The average Bonchev–Trinajstić information content (AvgIpc) is 3.16. The molecule has 0 saturated carbocycles. The number of hydrogen-bond donors (Lipinski definition) is 1. The molecule has 27 heavy (non-hydrogen) atoms. The summed E-state index contributed by atoms with van der Waals surface area (Å²) >= 11 is 6.10. The van der Waals surface area contributed by atoms with Crippen molar-refractivity contribution in [2.24, 2.45) is 0 Å².